The minimum Gasteiger partial charge on any atom is -0.341 e. The molecule has 2 aliphatic rings. The second-order valence-corrected chi connectivity index (χ2v) is 5.84. The zero-order chi connectivity index (χ0) is 13.7. The summed E-state index contributed by atoms with van der Waals surface area (Å²) in [6.07, 6.45) is 5.80. The van der Waals surface area contributed by atoms with Crippen LogP contribution in [0.15, 0.2) is 0 Å². The molecule has 4 heteroatoms. The standard InChI is InChI=1S/C15H29N3O/c1-3-17(4-2)10-6-12-18-11-5-7-14(15(18)19)16-13-8-9-13/h13-14,16H,3-12H2,1-2H3. The summed E-state index contributed by atoms with van der Waals surface area (Å²) in [5.41, 5.74) is 0. The highest BCUT2D eigenvalue weighted by Crippen LogP contribution is 2.22. The van der Waals surface area contributed by atoms with Crippen molar-refractivity contribution in [2.75, 3.05) is 32.7 Å². The number of hydrogen-bond acceptors (Lipinski definition) is 3. The number of hydrogen-bond donors (Lipinski definition) is 1. The maximum absolute atomic E-state index is 12.4. The maximum atomic E-state index is 12.4. The Hall–Kier alpha value is -0.610. The Morgan fingerprint density at radius 2 is 2.00 bits per heavy atom. The van der Waals surface area contributed by atoms with Gasteiger partial charge in [-0.05, 0) is 51.7 Å². The number of amides is 1. The molecule has 1 atom stereocenters. The second-order valence-electron chi connectivity index (χ2n) is 5.84. The van der Waals surface area contributed by atoms with Gasteiger partial charge in [0.1, 0.15) is 0 Å². The van der Waals surface area contributed by atoms with Crippen LogP contribution >= 0.6 is 0 Å². The van der Waals surface area contributed by atoms with Crippen molar-refractivity contribution < 1.29 is 4.79 Å². The monoisotopic (exact) mass is 267 g/mol. The minimum absolute atomic E-state index is 0.106. The van der Waals surface area contributed by atoms with Gasteiger partial charge in [0, 0.05) is 19.1 Å². The third kappa shape index (κ3) is 4.46. The van der Waals surface area contributed by atoms with Gasteiger partial charge in [-0.15, -0.1) is 0 Å². The highest BCUT2D eigenvalue weighted by molar-refractivity contribution is 5.82. The molecule has 1 unspecified atom stereocenters. The largest absolute Gasteiger partial charge is 0.341 e. The summed E-state index contributed by atoms with van der Waals surface area (Å²) in [4.78, 5) is 16.9. The average Bonchev–Trinajstić information content (AvgIpc) is 3.23. The van der Waals surface area contributed by atoms with E-state index in [2.05, 4.69) is 29.0 Å². The van der Waals surface area contributed by atoms with Crippen molar-refractivity contribution in [1.29, 1.82) is 0 Å². The van der Waals surface area contributed by atoms with E-state index in [1.54, 1.807) is 0 Å². The molecule has 1 aliphatic carbocycles. The van der Waals surface area contributed by atoms with Crippen molar-refractivity contribution in [3.8, 4) is 0 Å². The van der Waals surface area contributed by atoms with Crippen LogP contribution in [0.25, 0.3) is 0 Å². The molecule has 0 aromatic rings. The van der Waals surface area contributed by atoms with E-state index in [1.165, 1.54) is 12.8 Å². The van der Waals surface area contributed by atoms with Crippen molar-refractivity contribution >= 4 is 5.91 Å². The van der Waals surface area contributed by atoms with Crippen LogP contribution in [0.5, 0.6) is 0 Å². The smallest absolute Gasteiger partial charge is 0.239 e. The van der Waals surface area contributed by atoms with Crippen molar-refractivity contribution in [3.63, 3.8) is 0 Å². The normalized spacial score (nSPS) is 24.3. The zero-order valence-electron chi connectivity index (χ0n) is 12.5. The van der Waals surface area contributed by atoms with Gasteiger partial charge >= 0.3 is 0 Å². The lowest BCUT2D eigenvalue weighted by Gasteiger charge is -2.33. The molecule has 0 spiro atoms. The van der Waals surface area contributed by atoms with Crippen molar-refractivity contribution in [2.45, 2.75) is 58.0 Å². The topological polar surface area (TPSA) is 35.6 Å². The van der Waals surface area contributed by atoms with Crippen LogP contribution in [0.2, 0.25) is 0 Å². The van der Waals surface area contributed by atoms with E-state index in [0.29, 0.717) is 11.9 Å². The molecule has 2 rings (SSSR count). The predicted octanol–water partition coefficient (Wildman–Crippen LogP) is 1.46. The van der Waals surface area contributed by atoms with Gasteiger partial charge in [-0.2, -0.15) is 0 Å². The van der Waals surface area contributed by atoms with E-state index < -0.39 is 0 Å². The van der Waals surface area contributed by atoms with Crippen molar-refractivity contribution in [1.82, 2.24) is 15.1 Å². The molecule has 4 nitrogen and oxygen atoms in total. The van der Waals surface area contributed by atoms with Crippen molar-refractivity contribution in [2.24, 2.45) is 0 Å². The fourth-order valence-corrected chi connectivity index (χ4v) is 2.88. The fourth-order valence-electron chi connectivity index (χ4n) is 2.88. The molecule has 0 aromatic carbocycles. The minimum atomic E-state index is 0.106. The number of likely N-dealkylation sites (tertiary alicyclic amines) is 1. The Labute approximate surface area is 117 Å². The first-order chi connectivity index (χ1) is 9.24. The second kappa shape index (κ2) is 7.25. The predicted molar refractivity (Wildman–Crippen MR) is 78.2 cm³/mol. The third-order valence-corrected chi connectivity index (χ3v) is 4.34. The summed E-state index contributed by atoms with van der Waals surface area (Å²) in [5, 5.41) is 3.49. The van der Waals surface area contributed by atoms with E-state index in [0.717, 1.165) is 52.0 Å². The lowest BCUT2D eigenvalue weighted by Crippen LogP contribution is -2.51. The van der Waals surface area contributed by atoms with Crippen molar-refractivity contribution in [3.05, 3.63) is 0 Å². The first-order valence-electron chi connectivity index (χ1n) is 8.01. The lowest BCUT2D eigenvalue weighted by atomic mass is 10.0. The van der Waals surface area contributed by atoms with Crippen LogP contribution < -0.4 is 5.32 Å². The quantitative estimate of drug-likeness (QED) is 0.723. The van der Waals surface area contributed by atoms with E-state index in [4.69, 9.17) is 0 Å². The molecule has 1 amide bonds. The molecular formula is C15H29N3O. The highest BCUT2D eigenvalue weighted by Gasteiger charge is 2.32. The van der Waals surface area contributed by atoms with E-state index in [-0.39, 0.29) is 6.04 Å². The van der Waals surface area contributed by atoms with Gasteiger partial charge in [-0.1, -0.05) is 13.8 Å². The molecule has 0 radical (unpaired) electrons. The number of nitrogens with zero attached hydrogens (tertiary/aromatic N) is 2. The SMILES string of the molecule is CCN(CC)CCCN1CCCC(NC2CC2)C1=O. The molecule has 1 saturated heterocycles. The molecule has 1 heterocycles. The summed E-state index contributed by atoms with van der Waals surface area (Å²) in [5.74, 6) is 0.345. The average molecular weight is 267 g/mol. The lowest BCUT2D eigenvalue weighted by molar-refractivity contribution is -0.136. The molecule has 1 aliphatic heterocycles. The Bertz CT molecular complexity index is 287. The van der Waals surface area contributed by atoms with Gasteiger partial charge in [-0.3, -0.25) is 4.79 Å². The molecule has 110 valence electrons. The Balaban J connectivity index is 1.71. The van der Waals surface area contributed by atoms with E-state index in [9.17, 15) is 4.79 Å². The van der Waals surface area contributed by atoms with Crippen LogP contribution in [-0.4, -0.2) is 60.5 Å². The maximum Gasteiger partial charge on any atom is 0.239 e. The Morgan fingerprint density at radius 1 is 1.26 bits per heavy atom. The fraction of sp³-hybridized carbons (Fsp3) is 0.933. The van der Waals surface area contributed by atoms with Gasteiger partial charge in [-0.25, -0.2) is 0 Å². The summed E-state index contributed by atoms with van der Waals surface area (Å²) in [6.45, 7) is 9.61. The first-order valence-corrected chi connectivity index (χ1v) is 8.01. The molecule has 0 bridgehead atoms. The number of rotatable bonds is 8. The van der Waals surface area contributed by atoms with Gasteiger partial charge in [0.25, 0.3) is 0 Å². The van der Waals surface area contributed by atoms with Crippen LogP contribution in [0.1, 0.15) is 46.0 Å². The van der Waals surface area contributed by atoms with Crippen LogP contribution in [0.4, 0.5) is 0 Å². The molecular weight excluding hydrogens is 238 g/mol. The van der Waals surface area contributed by atoms with Crippen LogP contribution in [0, 0.1) is 0 Å². The number of carbonyl (C=O) groups excluding carboxylic acids is 1. The Kier molecular flexibility index (Phi) is 5.64. The molecule has 0 aromatic heterocycles. The van der Waals surface area contributed by atoms with Gasteiger partial charge in [0.15, 0.2) is 0 Å². The van der Waals surface area contributed by atoms with Gasteiger partial charge in [0.05, 0.1) is 6.04 Å². The van der Waals surface area contributed by atoms with E-state index in [1.807, 2.05) is 0 Å². The van der Waals surface area contributed by atoms with E-state index >= 15 is 0 Å². The molecule has 1 N–H and O–H groups in total. The highest BCUT2D eigenvalue weighted by atomic mass is 16.2. The summed E-state index contributed by atoms with van der Waals surface area (Å²) in [7, 11) is 0. The van der Waals surface area contributed by atoms with Gasteiger partial charge < -0.3 is 15.1 Å². The summed E-state index contributed by atoms with van der Waals surface area (Å²) < 4.78 is 0. The Morgan fingerprint density at radius 3 is 2.63 bits per heavy atom. The first kappa shape index (κ1) is 14.8. The van der Waals surface area contributed by atoms with Gasteiger partial charge in [0.2, 0.25) is 5.91 Å². The zero-order valence-corrected chi connectivity index (χ0v) is 12.5. The molecule has 2 fully saturated rings. The number of nitrogens with one attached hydrogen (secondary N) is 1. The summed E-state index contributed by atoms with van der Waals surface area (Å²) >= 11 is 0. The number of carbonyl (C=O) groups is 1. The third-order valence-electron chi connectivity index (χ3n) is 4.34. The molecule has 19 heavy (non-hydrogen) atoms. The number of piperidine rings is 1. The summed E-state index contributed by atoms with van der Waals surface area (Å²) in [6, 6.07) is 0.735. The van der Waals surface area contributed by atoms with Crippen LogP contribution in [-0.2, 0) is 4.79 Å². The molecule has 1 saturated carbocycles. The van der Waals surface area contributed by atoms with Crippen LogP contribution in [0.3, 0.4) is 0 Å².